The number of aliphatic carboxylic acids is 1. The molecule has 0 radical (unpaired) electrons. The number of thiophene rings is 1. The van der Waals surface area contributed by atoms with Crippen molar-refractivity contribution in [1.82, 2.24) is 9.97 Å². The third kappa shape index (κ3) is 2.48. The van der Waals surface area contributed by atoms with Crippen LogP contribution in [0, 0.1) is 5.92 Å². The summed E-state index contributed by atoms with van der Waals surface area (Å²) in [6.07, 6.45) is 4.77. The smallest absolute Gasteiger partial charge is 0.328 e. The Hall–Kier alpha value is -1.69. The molecule has 1 aliphatic rings. The molecule has 1 aliphatic carbocycles. The normalized spacial score (nSPS) is 18.5. The monoisotopic (exact) mass is 305 g/mol. The minimum absolute atomic E-state index is 0.638. The first-order chi connectivity index (χ1) is 9.88. The summed E-state index contributed by atoms with van der Waals surface area (Å²) in [5, 5.41) is 13.4. The summed E-state index contributed by atoms with van der Waals surface area (Å²) in [5.74, 6) is 0.442. The Morgan fingerprint density at radius 2 is 2.24 bits per heavy atom. The first-order valence-electron chi connectivity index (χ1n) is 7.15. The molecule has 0 saturated carbocycles. The van der Waals surface area contributed by atoms with E-state index in [0.29, 0.717) is 11.7 Å². The summed E-state index contributed by atoms with van der Waals surface area (Å²) in [6.45, 7) is 5.56. The first kappa shape index (κ1) is 14.3. The highest BCUT2D eigenvalue weighted by Crippen LogP contribution is 2.40. The summed E-state index contributed by atoms with van der Waals surface area (Å²) in [4.78, 5) is 22.3. The van der Waals surface area contributed by atoms with Crippen LogP contribution in [0.1, 0.15) is 37.6 Å². The fourth-order valence-corrected chi connectivity index (χ4v) is 4.07. The van der Waals surface area contributed by atoms with E-state index in [4.69, 9.17) is 0 Å². The summed E-state index contributed by atoms with van der Waals surface area (Å²) in [6, 6.07) is 0. The van der Waals surface area contributed by atoms with Crippen LogP contribution in [0.3, 0.4) is 0 Å². The van der Waals surface area contributed by atoms with Crippen molar-refractivity contribution < 1.29 is 9.90 Å². The van der Waals surface area contributed by atoms with Crippen LogP contribution in [0.25, 0.3) is 10.2 Å². The highest BCUT2D eigenvalue weighted by atomic mass is 32.1. The molecule has 2 N–H and O–H groups in total. The van der Waals surface area contributed by atoms with Gasteiger partial charge in [-0.15, -0.1) is 11.3 Å². The average molecular weight is 305 g/mol. The van der Waals surface area contributed by atoms with Crippen molar-refractivity contribution in [2.75, 3.05) is 5.32 Å². The van der Waals surface area contributed by atoms with E-state index in [1.807, 2.05) is 0 Å². The topological polar surface area (TPSA) is 75.1 Å². The Morgan fingerprint density at radius 1 is 1.48 bits per heavy atom. The van der Waals surface area contributed by atoms with Crippen molar-refractivity contribution in [2.45, 2.75) is 45.6 Å². The van der Waals surface area contributed by atoms with Crippen molar-refractivity contribution in [3.8, 4) is 0 Å². The van der Waals surface area contributed by atoms with E-state index < -0.39 is 11.5 Å². The van der Waals surface area contributed by atoms with Crippen molar-refractivity contribution >= 4 is 33.3 Å². The third-order valence-electron chi connectivity index (χ3n) is 4.06. The van der Waals surface area contributed by atoms with Crippen LogP contribution < -0.4 is 5.32 Å². The first-order valence-corrected chi connectivity index (χ1v) is 7.97. The lowest BCUT2D eigenvalue weighted by atomic mass is 9.89. The van der Waals surface area contributed by atoms with Gasteiger partial charge in [-0.25, -0.2) is 14.8 Å². The van der Waals surface area contributed by atoms with E-state index in [0.717, 1.165) is 29.5 Å². The molecule has 2 heterocycles. The number of hydrogen-bond donors (Lipinski definition) is 2. The molecule has 6 heteroatoms. The van der Waals surface area contributed by atoms with Gasteiger partial charge in [0.05, 0.1) is 5.39 Å². The van der Waals surface area contributed by atoms with Crippen molar-refractivity contribution in [3.05, 3.63) is 16.8 Å². The fourth-order valence-electron chi connectivity index (χ4n) is 2.72. The van der Waals surface area contributed by atoms with Crippen molar-refractivity contribution in [2.24, 2.45) is 5.92 Å². The molecule has 0 saturated heterocycles. The quantitative estimate of drug-likeness (QED) is 0.911. The molecular formula is C15H19N3O2S. The maximum absolute atomic E-state index is 11.3. The highest BCUT2D eigenvalue weighted by Gasteiger charge is 2.30. The highest BCUT2D eigenvalue weighted by molar-refractivity contribution is 7.19. The van der Waals surface area contributed by atoms with E-state index in [1.165, 1.54) is 16.8 Å². The molecular weight excluding hydrogens is 286 g/mol. The Kier molecular flexibility index (Phi) is 3.36. The number of rotatable bonds is 3. The number of nitrogens with one attached hydrogen (secondary N) is 1. The van der Waals surface area contributed by atoms with Gasteiger partial charge in [0.2, 0.25) is 0 Å². The van der Waals surface area contributed by atoms with E-state index in [1.54, 1.807) is 25.2 Å². The van der Waals surface area contributed by atoms with Crippen molar-refractivity contribution in [3.63, 3.8) is 0 Å². The number of anilines is 1. The molecule has 0 bridgehead atoms. The van der Waals surface area contributed by atoms with Gasteiger partial charge in [0, 0.05) is 4.88 Å². The molecule has 0 aromatic carbocycles. The second-order valence-electron chi connectivity index (χ2n) is 6.31. The van der Waals surface area contributed by atoms with Gasteiger partial charge in [0.25, 0.3) is 0 Å². The van der Waals surface area contributed by atoms with Crippen LogP contribution in [0.15, 0.2) is 6.33 Å². The lowest BCUT2D eigenvalue weighted by Gasteiger charge is -2.23. The van der Waals surface area contributed by atoms with Gasteiger partial charge in [0.1, 0.15) is 22.5 Å². The van der Waals surface area contributed by atoms with E-state index in [2.05, 4.69) is 22.2 Å². The number of fused-ring (bicyclic) bond motifs is 3. The standard InChI is InChI=1S/C15H19N3O2S/c1-8-4-5-9-10(6-8)21-13-11(9)12(16-7-17-13)18-15(2,3)14(19)20/h7-8H,4-6H2,1-3H3,(H,19,20)(H,16,17,18). The van der Waals surface area contributed by atoms with Crippen molar-refractivity contribution in [1.29, 1.82) is 0 Å². The molecule has 0 amide bonds. The Bertz CT molecular complexity index is 708. The number of hydrogen-bond acceptors (Lipinski definition) is 5. The van der Waals surface area contributed by atoms with E-state index >= 15 is 0 Å². The molecule has 1 atom stereocenters. The predicted octanol–water partition coefficient (Wildman–Crippen LogP) is 3.09. The summed E-state index contributed by atoms with van der Waals surface area (Å²) in [5.41, 5.74) is 0.246. The largest absolute Gasteiger partial charge is 0.480 e. The molecule has 112 valence electrons. The molecule has 5 nitrogen and oxygen atoms in total. The lowest BCUT2D eigenvalue weighted by Crippen LogP contribution is -2.40. The SMILES string of the molecule is CC1CCc2c(sc3ncnc(NC(C)(C)C(=O)O)c23)C1. The lowest BCUT2D eigenvalue weighted by molar-refractivity contribution is -0.141. The minimum atomic E-state index is -1.06. The zero-order valence-electron chi connectivity index (χ0n) is 12.4. The number of aromatic nitrogens is 2. The molecule has 0 aliphatic heterocycles. The Morgan fingerprint density at radius 3 is 2.95 bits per heavy atom. The predicted molar refractivity (Wildman–Crippen MR) is 83.9 cm³/mol. The third-order valence-corrected chi connectivity index (χ3v) is 5.22. The van der Waals surface area contributed by atoms with Crippen LogP contribution in [0.5, 0.6) is 0 Å². The maximum atomic E-state index is 11.3. The van der Waals surface area contributed by atoms with E-state index in [9.17, 15) is 9.90 Å². The molecule has 21 heavy (non-hydrogen) atoms. The van der Waals surface area contributed by atoms with Gasteiger partial charge >= 0.3 is 5.97 Å². The van der Waals surface area contributed by atoms with Crippen LogP contribution >= 0.6 is 11.3 Å². The van der Waals surface area contributed by atoms with Gasteiger partial charge in [0.15, 0.2) is 0 Å². The molecule has 3 rings (SSSR count). The van der Waals surface area contributed by atoms with Gasteiger partial charge < -0.3 is 10.4 Å². The molecule has 0 spiro atoms. The molecule has 0 fully saturated rings. The number of carboxylic acid groups (broad SMARTS) is 1. The van der Waals surface area contributed by atoms with Gasteiger partial charge in [-0.1, -0.05) is 6.92 Å². The van der Waals surface area contributed by atoms with Crippen LogP contribution in [0.4, 0.5) is 5.82 Å². The Balaban J connectivity index is 2.10. The zero-order chi connectivity index (χ0) is 15.2. The van der Waals surface area contributed by atoms with Gasteiger partial charge in [-0.3, -0.25) is 0 Å². The number of carbonyl (C=O) groups is 1. The summed E-state index contributed by atoms with van der Waals surface area (Å²) < 4.78 is 0. The number of carboxylic acids is 1. The molecule has 2 aromatic rings. The van der Waals surface area contributed by atoms with Gasteiger partial charge in [-0.2, -0.15) is 0 Å². The Labute approximate surface area is 127 Å². The average Bonchev–Trinajstić information content (AvgIpc) is 2.76. The summed E-state index contributed by atoms with van der Waals surface area (Å²) in [7, 11) is 0. The minimum Gasteiger partial charge on any atom is -0.480 e. The van der Waals surface area contributed by atoms with Crippen LogP contribution in [0.2, 0.25) is 0 Å². The fraction of sp³-hybridized carbons (Fsp3) is 0.533. The van der Waals surface area contributed by atoms with Gasteiger partial charge in [-0.05, 0) is 44.6 Å². The number of aryl methyl sites for hydroxylation is 1. The summed E-state index contributed by atoms with van der Waals surface area (Å²) >= 11 is 1.71. The second-order valence-corrected chi connectivity index (χ2v) is 7.39. The molecule has 1 unspecified atom stereocenters. The maximum Gasteiger partial charge on any atom is 0.328 e. The second kappa shape index (κ2) is 4.94. The zero-order valence-corrected chi connectivity index (χ0v) is 13.3. The van der Waals surface area contributed by atoms with E-state index in [-0.39, 0.29) is 0 Å². The van der Waals surface area contributed by atoms with Crippen LogP contribution in [-0.4, -0.2) is 26.6 Å². The molecule has 2 aromatic heterocycles. The van der Waals surface area contributed by atoms with Crippen LogP contribution in [-0.2, 0) is 17.6 Å². The number of nitrogens with zero attached hydrogens (tertiary/aromatic N) is 2.